The molecule has 0 amide bonds. The van der Waals surface area contributed by atoms with Crippen LogP contribution >= 0.6 is 11.3 Å². The van der Waals surface area contributed by atoms with E-state index in [9.17, 15) is 0 Å². The van der Waals surface area contributed by atoms with Gasteiger partial charge in [-0.1, -0.05) is 47.6 Å². The van der Waals surface area contributed by atoms with Gasteiger partial charge < -0.3 is 4.52 Å². The Kier molecular flexibility index (Phi) is 4.83. The normalized spacial score (nSPS) is 11.0. The summed E-state index contributed by atoms with van der Waals surface area (Å²) in [6, 6.07) is 16.3. The van der Waals surface area contributed by atoms with Gasteiger partial charge in [0.05, 0.1) is 6.54 Å². The van der Waals surface area contributed by atoms with Gasteiger partial charge in [0.25, 0.3) is 0 Å². The van der Waals surface area contributed by atoms with Crippen LogP contribution < -0.4 is 0 Å². The van der Waals surface area contributed by atoms with Crippen molar-refractivity contribution in [2.45, 2.75) is 13.1 Å². The fourth-order valence-corrected chi connectivity index (χ4v) is 3.09. The van der Waals surface area contributed by atoms with Crippen molar-refractivity contribution in [3.8, 4) is 11.3 Å². The van der Waals surface area contributed by atoms with Gasteiger partial charge in [0.2, 0.25) is 0 Å². The van der Waals surface area contributed by atoms with Crippen LogP contribution in [0.2, 0.25) is 0 Å². The number of hydrogen-bond acceptors (Lipinski definition) is 4. The zero-order valence-electron chi connectivity index (χ0n) is 12.3. The predicted molar refractivity (Wildman–Crippen MR) is 90.6 cm³/mol. The Hall–Kier alpha value is -2.17. The van der Waals surface area contributed by atoms with E-state index in [0.717, 1.165) is 36.7 Å². The largest absolute Gasteiger partial charge is 0.359 e. The molecule has 0 N–H and O–H groups in total. The second-order valence-electron chi connectivity index (χ2n) is 5.08. The van der Waals surface area contributed by atoms with Gasteiger partial charge in [-0.3, -0.25) is 4.90 Å². The highest BCUT2D eigenvalue weighted by molar-refractivity contribution is 7.09. The third-order valence-corrected chi connectivity index (χ3v) is 4.22. The summed E-state index contributed by atoms with van der Waals surface area (Å²) in [5.74, 6) is 0.872. The average molecular weight is 310 g/mol. The molecule has 2 heterocycles. The summed E-state index contributed by atoms with van der Waals surface area (Å²) >= 11 is 1.77. The Morgan fingerprint density at radius 1 is 1.14 bits per heavy atom. The van der Waals surface area contributed by atoms with E-state index in [-0.39, 0.29) is 0 Å². The molecule has 1 aromatic carbocycles. The van der Waals surface area contributed by atoms with Crippen LogP contribution in [0, 0.1) is 0 Å². The molecule has 0 atom stereocenters. The molecule has 0 radical (unpaired) electrons. The predicted octanol–water partition coefficient (Wildman–Crippen LogP) is 4.59. The van der Waals surface area contributed by atoms with Crippen LogP contribution in [0.3, 0.4) is 0 Å². The van der Waals surface area contributed by atoms with Gasteiger partial charge in [0.15, 0.2) is 5.76 Å². The van der Waals surface area contributed by atoms with Crippen LogP contribution in [0.15, 0.2) is 71.1 Å². The smallest absolute Gasteiger partial charge is 0.151 e. The lowest BCUT2D eigenvalue weighted by Gasteiger charge is -2.17. The number of hydrogen-bond donors (Lipinski definition) is 0. The molecule has 3 nitrogen and oxygen atoms in total. The molecular weight excluding hydrogens is 292 g/mol. The number of rotatable bonds is 7. The summed E-state index contributed by atoms with van der Waals surface area (Å²) in [6.07, 6.45) is 1.92. The quantitative estimate of drug-likeness (QED) is 0.598. The van der Waals surface area contributed by atoms with E-state index >= 15 is 0 Å². The van der Waals surface area contributed by atoms with Crippen molar-refractivity contribution in [3.05, 3.63) is 77.2 Å². The summed E-state index contributed by atoms with van der Waals surface area (Å²) in [6.45, 7) is 6.28. The van der Waals surface area contributed by atoms with Crippen LogP contribution in [0.5, 0.6) is 0 Å². The monoisotopic (exact) mass is 310 g/mol. The van der Waals surface area contributed by atoms with E-state index in [1.165, 1.54) is 4.88 Å². The maximum absolute atomic E-state index is 5.49. The Bertz CT molecular complexity index is 704. The zero-order valence-corrected chi connectivity index (χ0v) is 13.1. The van der Waals surface area contributed by atoms with Crippen LogP contribution in [-0.2, 0) is 13.1 Å². The van der Waals surface area contributed by atoms with Crippen LogP contribution in [0.25, 0.3) is 11.3 Å². The Labute approximate surface area is 134 Å². The zero-order chi connectivity index (χ0) is 15.2. The average Bonchev–Trinajstić information content (AvgIpc) is 3.20. The summed E-state index contributed by atoms with van der Waals surface area (Å²) in [5, 5.41) is 6.27. The number of nitrogens with zero attached hydrogens (tertiary/aromatic N) is 2. The molecule has 0 saturated heterocycles. The summed E-state index contributed by atoms with van der Waals surface area (Å²) in [5.41, 5.74) is 1.95. The maximum atomic E-state index is 5.49. The lowest BCUT2D eigenvalue weighted by molar-refractivity contribution is 0.246. The van der Waals surface area contributed by atoms with Crippen LogP contribution in [0.1, 0.15) is 10.6 Å². The molecular formula is C18H18N2OS. The Morgan fingerprint density at radius 3 is 2.73 bits per heavy atom. The minimum Gasteiger partial charge on any atom is -0.359 e. The third kappa shape index (κ3) is 3.72. The second-order valence-corrected chi connectivity index (χ2v) is 6.11. The first-order valence-electron chi connectivity index (χ1n) is 7.22. The van der Waals surface area contributed by atoms with Crippen molar-refractivity contribution in [1.82, 2.24) is 10.1 Å². The van der Waals surface area contributed by atoms with E-state index in [0.29, 0.717) is 0 Å². The van der Waals surface area contributed by atoms with E-state index in [1.54, 1.807) is 11.3 Å². The molecule has 2 aromatic heterocycles. The number of thiophene rings is 1. The maximum Gasteiger partial charge on any atom is 0.151 e. The lowest BCUT2D eigenvalue weighted by atomic mass is 10.1. The Balaban J connectivity index is 1.70. The molecule has 4 heteroatoms. The standard InChI is InChI=1S/C18H18N2OS/c1-2-10-20(14-17-9-6-11-22-17)13-16-12-18(19-21-16)15-7-4-3-5-8-15/h2-9,11-12H,1,10,13-14H2. The minimum atomic E-state index is 0.726. The molecule has 0 aliphatic carbocycles. The number of aromatic nitrogens is 1. The van der Waals surface area contributed by atoms with E-state index in [2.05, 4.69) is 34.1 Å². The van der Waals surface area contributed by atoms with Gasteiger partial charge in [0.1, 0.15) is 5.69 Å². The molecule has 3 rings (SSSR count). The lowest BCUT2D eigenvalue weighted by Crippen LogP contribution is -2.22. The van der Waals surface area contributed by atoms with Crippen LogP contribution in [0.4, 0.5) is 0 Å². The molecule has 0 fully saturated rings. The summed E-state index contributed by atoms with van der Waals surface area (Å²) in [7, 11) is 0. The first-order chi connectivity index (χ1) is 10.8. The molecule has 0 aliphatic rings. The van der Waals surface area contributed by atoms with Gasteiger partial charge >= 0.3 is 0 Å². The van der Waals surface area contributed by atoms with Gasteiger partial charge in [-0.15, -0.1) is 17.9 Å². The Morgan fingerprint density at radius 2 is 2.00 bits per heavy atom. The first kappa shape index (κ1) is 14.8. The molecule has 112 valence electrons. The van der Waals surface area contributed by atoms with E-state index in [1.807, 2.05) is 42.5 Å². The first-order valence-corrected chi connectivity index (χ1v) is 8.10. The third-order valence-electron chi connectivity index (χ3n) is 3.35. The number of benzene rings is 1. The summed E-state index contributed by atoms with van der Waals surface area (Å²) in [4.78, 5) is 3.62. The summed E-state index contributed by atoms with van der Waals surface area (Å²) < 4.78 is 5.49. The van der Waals surface area contributed by atoms with Crippen molar-refractivity contribution in [2.24, 2.45) is 0 Å². The van der Waals surface area contributed by atoms with Gasteiger partial charge in [-0.25, -0.2) is 0 Å². The SMILES string of the molecule is C=CCN(Cc1cc(-c2ccccc2)no1)Cc1cccs1. The van der Waals surface area contributed by atoms with Gasteiger partial charge in [-0.05, 0) is 11.4 Å². The topological polar surface area (TPSA) is 29.3 Å². The molecule has 22 heavy (non-hydrogen) atoms. The highest BCUT2D eigenvalue weighted by Gasteiger charge is 2.11. The molecule has 0 spiro atoms. The van der Waals surface area contributed by atoms with Crippen molar-refractivity contribution >= 4 is 11.3 Å². The van der Waals surface area contributed by atoms with Gasteiger partial charge in [-0.2, -0.15) is 0 Å². The van der Waals surface area contributed by atoms with Crippen LogP contribution in [-0.4, -0.2) is 16.6 Å². The molecule has 3 aromatic rings. The van der Waals surface area contributed by atoms with E-state index in [4.69, 9.17) is 4.52 Å². The van der Waals surface area contributed by atoms with Crippen molar-refractivity contribution < 1.29 is 4.52 Å². The molecule has 0 aliphatic heterocycles. The highest BCUT2D eigenvalue weighted by atomic mass is 32.1. The van der Waals surface area contributed by atoms with Gasteiger partial charge in [0, 0.05) is 29.6 Å². The fourth-order valence-electron chi connectivity index (χ4n) is 2.34. The molecule has 0 bridgehead atoms. The fraction of sp³-hybridized carbons (Fsp3) is 0.167. The highest BCUT2D eigenvalue weighted by Crippen LogP contribution is 2.20. The molecule has 0 saturated carbocycles. The second kappa shape index (κ2) is 7.20. The van der Waals surface area contributed by atoms with Crippen molar-refractivity contribution in [1.29, 1.82) is 0 Å². The minimum absolute atomic E-state index is 0.726. The van der Waals surface area contributed by atoms with Crippen molar-refractivity contribution in [3.63, 3.8) is 0 Å². The molecule has 0 unspecified atom stereocenters. The van der Waals surface area contributed by atoms with Crippen molar-refractivity contribution in [2.75, 3.05) is 6.54 Å². The van der Waals surface area contributed by atoms with E-state index < -0.39 is 0 Å².